The molecule has 1 aliphatic rings. The maximum Gasteiger partial charge on any atom is 0.241 e. The van der Waals surface area contributed by atoms with E-state index in [1.54, 1.807) is 0 Å². The number of hydrogen-bond acceptors (Lipinski definition) is 5. The molecule has 0 amide bonds. The predicted molar refractivity (Wildman–Crippen MR) is 91.0 cm³/mol. The number of piperazine rings is 1. The van der Waals surface area contributed by atoms with Gasteiger partial charge in [-0.2, -0.15) is 4.98 Å². The van der Waals surface area contributed by atoms with E-state index in [9.17, 15) is 0 Å². The van der Waals surface area contributed by atoms with Crippen LogP contribution in [0.25, 0.3) is 11.4 Å². The Morgan fingerprint density at radius 3 is 2.48 bits per heavy atom. The zero-order chi connectivity index (χ0) is 16.2. The molecular formula is C18H26N4O. The molecule has 0 bridgehead atoms. The normalized spacial score (nSPS) is 17.0. The van der Waals surface area contributed by atoms with Crippen LogP contribution in [-0.2, 0) is 6.54 Å². The van der Waals surface area contributed by atoms with Crippen molar-refractivity contribution in [2.75, 3.05) is 32.7 Å². The van der Waals surface area contributed by atoms with Crippen LogP contribution >= 0.6 is 0 Å². The summed E-state index contributed by atoms with van der Waals surface area (Å²) in [5, 5.41) is 4.14. The molecule has 1 fully saturated rings. The van der Waals surface area contributed by atoms with Crippen molar-refractivity contribution in [1.82, 2.24) is 19.9 Å². The summed E-state index contributed by atoms with van der Waals surface area (Å²) in [4.78, 5) is 9.50. The van der Waals surface area contributed by atoms with Gasteiger partial charge in [0.05, 0.1) is 6.54 Å². The molecule has 0 radical (unpaired) electrons. The first-order valence-electron chi connectivity index (χ1n) is 8.45. The van der Waals surface area contributed by atoms with Gasteiger partial charge < -0.3 is 9.42 Å². The molecule has 0 unspecified atom stereocenters. The van der Waals surface area contributed by atoms with E-state index in [2.05, 4.69) is 46.8 Å². The molecule has 1 saturated heterocycles. The molecule has 2 aromatic rings. The van der Waals surface area contributed by atoms with E-state index >= 15 is 0 Å². The highest BCUT2D eigenvalue weighted by Gasteiger charge is 2.20. The van der Waals surface area contributed by atoms with Gasteiger partial charge in [-0.05, 0) is 18.4 Å². The van der Waals surface area contributed by atoms with Gasteiger partial charge in [-0.3, -0.25) is 4.90 Å². The highest BCUT2D eigenvalue weighted by Crippen LogP contribution is 2.20. The van der Waals surface area contributed by atoms with Gasteiger partial charge in [-0.1, -0.05) is 43.3 Å². The lowest BCUT2D eigenvalue weighted by Gasteiger charge is -2.34. The van der Waals surface area contributed by atoms with Crippen LogP contribution in [0.2, 0.25) is 0 Å². The van der Waals surface area contributed by atoms with Crippen LogP contribution in [0.3, 0.4) is 0 Å². The molecule has 5 heteroatoms. The Morgan fingerprint density at radius 1 is 1.09 bits per heavy atom. The van der Waals surface area contributed by atoms with Gasteiger partial charge >= 0.3 is 0 Å². The summed E-state index contributed by atoms with van der Waals surface area (Å²) in [6.07, 6.45) is 0. The van der Waals surface area contributed by atoms with Gasteiger partial charge in [0.15, 0.2) is 0 Å². The summed E-state index contributed by atoms with van der Waals surface area (Å²) in [5.74, 6) is 2.13. The predicted octanol–water partition coefficient (Wildman–Crippen LogP) is 2.82. The van der Waals surface area contributed by atoms with E-state index in [1.165, 1.54) is 12.1 Å². The van der Waals surface area contributed by atoms with Crippen LogP contribution in [0, 0.1) is 12.8 Å². The molecule has 5 nitrogen and oxygen atoms in total. The van der Waals surface area contributed by atoms with Gasteiger partial charge in [0.25, 0.3) is 0 Å². The highest BCUT2D eigenvalue weighted by molar-refractivity contribution is 5.58. The third kappa shape index (κ3) is 4.18. The number of benzene rings is 1. The second-order valence-electron chi connectivity index (χ2n) is 6.80. The molecule has 1 aromatic carbocycles. The Kier molecular flexibility index (Phi) is 5.08. The molecule has 23 heavy (non-hydrogen) atoms. The second kappa shape index (κ2) is 7.23. The minimum Gasteiger partial charge on any atom is -0.338 e. The van der Waals surface area contributed by atoms with Gasteiger partial charge in [0.2, 0.25) is 11.7 Å². The lowest BCUT2D eigenvalue weighted by molar-refractivity contribution is 0.108. The van der Waals surface area contributed by atoms with Crippen LogP contribution in [-0.4, -0.2) is 52.7 Å². The first-order chi connectivity index (χ1) is 11.1. The molecule has 3 rings (SSSR count). The fourth-order valence-electron chi connectivity index (χ4n) is 3.09. The van der Waals surface area contributed by atoms with Crippen molar-refractivity contribution in [3.05, 3.63) is 35.7 Å². The minimum atomic E-state index is 0.691. The van der Waals surface area contributed by atoms with Crippen molar-refractivity contribution >= 4 is 0 Å². The summed E-state index contributed by atoms with van der Waals surface area (Å²) in [6, 6.07) is 8.14. The average Bonchev–Trinajstić information content (AvgIpc) is 2.97. The van der Waals surface area contributed by atoms with Crippen LogP contribution in [0.4, 0.5) is 0 Å². The Hall–Kier alpha value is -1.72. The SMILES string of the molecule is Cc1ccccc1-c1noc(CN2CCN(CC(C)C)CC2)n1. The van der Waals surface area contributed by atoms with E-state index in [0.717, 1.165) is 44.2 Å². The number of nitrogens with zero attached hydrogens (tertiary/aromatic N) is 4. The molecule has 1 aliphatic heterocycles. The first-order valence-corrected chi connectivity index (χ1v) is 8.45. The van der Waals surface area contributed by atoms with Crippen molar-refractivity contribution in [2.24, 2.45) is 5.92 Å². The Morgan fingerprint density at radius 2 is 1.78 bits per heavy atom. The second-order valence-corrected chi connectivity index (χ2v) is 6.80. The molecule has 0 N–H and O–H groups in total. The smallest absolute Gasteiger partial charge is 0.241 e. The van der Waals surface area contributed by atoms with Crippen LogP contribution in [0.15, 0.2) is 28.8 Å². The van der Waals surface area contributed by atoms with Gasteiger partial charge in [-0.15, -0.1) is 0 Å². The summed E-state index contributed by atoms with van der Waals surface area (Å²) in [5.41, 5.74) is 2.21. The Bertz CT molecular complexity index is 629. The monoisotopic (exact) mass is 314 g/mol. The first kappa shape index (κ1) is 16.1. The van der Waals surface area contributed by atoms with Gasteiger partial charge in [0.1, 0.15) is 0 Å². The summed E-state index contributed by atoms with van der Waals surface area (Å²) >= 11 is 0. The largest absolute Gasteiger partial charge is 0.338 e. The van der Waals surface area contributed by atoms with Crippen molar-refractivity contribution in [3.8, 4) is 11.4 Å². The lowest BCUT2D eigenvalue weighted by atomic mass is 10.1. The molecular weight excluding hydrogens is 288 g/mol. The molecule has 1 aromatic heterocycles. The van der Waals surface area contributed by atoms with E-state index in [1.807, 2.05) is 18.2 Å². The van der Waals surface area contributed by atoms with E-state index in [0.29, 0.717) is 11.7 Å². The quantitative estimate of drug-likeness (QED) is 0.849. The van der Waals surface area contributed by atoms with E-state index < -0.39 is 0 Å². The fraction of sp³-hybridized carbons (Fsp3) is 0.556. The fourth-order valence-corrected chi connectivity index (χ4v) is 3.09. The maximum absolute atomic E-state index is 5.45. The zero-order valence-corrected chi connectivity index (χ0v) is 14.3. The number of rotatable bonds is 5. The standard InChI is InChI=1S/C18H26N4O/c1-14(2)12-21-8-10-22(11-9-21)13-17-19-18(20-23-17)16-7-5-4-6-15(16)3/h4-7,14H,8-13H2,1-3H3. The number of hydrogen-bond donors (Lipinski definition) is 0. The molecule has 2 heterocycles. The number of aromatic nitrogens is 2. The van der Waals surface area contributed by atoms with Crippen molar-refractivity contribution < 1.29 is 4.52 Å². The van der Waals surface area contributed by atoms with Gasteiger partial charge in [0, 0.05) is 38.3 Å². The molecule has 0 saturated carbocycles. The molecule has 124 valence electrons. The lowest BCUT2D eigenvalue weighted by Crippen LogP contribution is -2.46. The van der Waals surface area contributed by atoms with E-state index in [-0.39, 0.29) is 0 Å². The van der Waals surface area contributed by atoms with Crippen molar-refractivity contribution in [2.45, 2.75) is 27.3 Å². The maximum atomic E-state index is 5.45. The van der Waals surface area contributed by atoms with Crippen LogP contribution < -0.4 is 0 Å². The highest BCUT2D eigenvalue weighted by atomic mass is 16.5. The average molecular weight is 314 g/mol. The molecule has 0 aliphatic carbocycles. The van der Waals surface area contributed by atoms with Crippen molar-refractivity contribution in [1.29, 1.82) is 0 Å². The molecule has 0 spiro atoms. The summed E-state index contributed by atoms with van der Waals surface area (Å²) in [7, 11) is 0. The Balaban J connectivity index is 1.57. The van der Waals surface area contributed by atoms with E-state index in [4.69, 9.17) is 4.52 Å². The third-order valence-corrected chi connectivity index (χ3v) is 4.30. The topological polar surface area (TPSA) is 45.4 Å². The number of aryl methyl sites for hydroxylation is 1. The van der Waals surface area contributed by atoms with Crippen LogP contribution in [0.5, 0.6) is 0 Å². The zero-order valence-electron chi connectivity index (χ0n) is 14.3. The van der Waals surface area contributed by atoms with Gasteiger partial charge in [-0.25, -0.2) is 0 Å². The molecule has 0 atom stereocenters. The summed E-state index contributed by atoms with van der Waals surface area (Å²) < 4.78 is 5.45. The third-order valence-electron chi connectivity index (χ3n) is 4.30. The Labute approximate surface area is 138 Å². The summed E-state index contributed by atoms with van der Waals surface area (Å²) in [6.45, 7) is 12.9. The van der Waals surface area contributed by atoms with Crippen LogP contribution in [0.1, 0.15) is 25.3 Å². The van der Waals surface area contributed by atoms with Crippen molar-refractivity contribution in [3.63, 3.8) is 0 Å². The minimum absolute atomic E-state index is 0.691.